The van der Waals surface area contributed by atoms with Crippen LogP contribution in [0.25, 0.3) is 0 Å². The normalized spacial score (nSPS) is 14.6. The molecule has 0 spiro atoms. The van der Waals surface area contributed by atoms with E-state index in [4.69, 9.17) is 10.5 Å². The molecule has 0 unspecified atom stereocenters. The molecule has 0 heterocycles. The molecular weight excluding hydrogens is 190 g/mol. The first-order valence-corrected chi connectivity index (χ1v) is 5.03. The average molecular weight is 207 g/mol. The van der Waals surface area contributed by atoms with E-state index in [0.717, 1.165) is 5.56 Å². The zero-order valence-corrected chi connectivity index (χ0v) is 9.14. The number of rotatable bonds is 5. The maximum Gasteiger partial charge on any atom is 0.149 e. The van der Waals surface area contributed by atoms with E-state index in [0.29, 0.717) is 6.61 Å². The van der Waals surface area contributed by atoms with Gasteiger partial charge in [-0.3, -0.25) is 4.79 Å². The van der Waals surface area contributed by atoms with Crippen molar-refractivity contribution in [2.45, 2.75) is 32.6 Å². The topological polar surface area (TPSA) is 52.3 Å². The van der Waals surface area contributed by atoms with Crippen LogP contribution in [0.4, 0.5) is 0 Å². The van der Waals surface area contributed by atoms with E-state index in [1.165, 1.54) is 6.92 Å². The Kier molecular flexibility index (Phi) is 4.46. The fourth-order valence-electron chi connectivity index (χ4n) is 1.24. The van der Waals surface area contributed by atoms with Crippen LogP contribution in [0.5, 0.6) is 0 Å². The number of hydrogen-bond acceptors (Lipinski definition) is 3. The second-order valence-electron chi connectivity index (χ2n) is 3.64. The minimum absolute atomic E-state index is 0.0458. The molecule has 0 saturated carbocycles. The maximum absolute atomic E-state index is 11.0. The smallest absolute Gasteiger partial charge is 0.149 e. The van der Waals surface area contributed by atoms with Gasteiger partial charge in [0.05, 0.1) is 18.8 Å². The van der Waals surface area contributed by atoms with E-state index in [2.05, 4.69) is 0 Å². The van der Waals surface area contributed by atoms with Crippen molar-refractivity contribution in [1.29, 1.82) is 0 Å². The van der Waals surface area contributed by atoms with Crippen molar-refractivity contribution in [3.63, 3.8) is 0 Å². The monoisotopic (exact) mass is 207 g/mol. The molecule has 1 aromatic rings. The number of ether oxygens (including phenoxy) is 1. The van der Waals surface area contributed by atoms with Crippen LogP contribution in [0.2, 0.25) is 0 Å². The number of carbonyl (C=O) groups is 1. The molecule has 0 fully saturated rings. The summed E-state index contributed by atoms with van der Waals surface area (Å²) in [6.45, 7) is 3.78. The SMILES string of the molecule is CC(=O)[C@H](N)[C@H](C)OCc1ccccc1. The molecule has 1 aromatic carbocycles. The summed E-state index contributed by atoms with van der Waals surface area (Å²) in [5, 5.41) is 0. The quantitative estimate of drug-likeness (QED) is 0.796. The molecule has 3 nitrogen and oxygen atoms in total. The molecule has 0 amide bonds. The van der Waals surface area contributed by atoms with Gasteiger partial charge >= 0.3 is 0 Å². The largest absolute Gasteiger partial charge is 0.372 e. The molecule has 0 radical (unpaired) electrons. The van der Waals surface area contributed by atoms with E-state index in [-0.39, 0.29) is 11.9 Å². The summed E-state index contributed by atoms with van der Waals surface area (Å²) in [5.74, 6) is -0.0458. The Bertz CT molecular complexity index is 311. The van der Waals surface area contributed by atoms with Gasteiger partial charge in [0.1, 0.15) is 5.78 Å². The third-order valence-corrected chi connectivity index (χ3v) is 2.33. The van der Waals surface area contributed by atoms with Gasteiger partial charge in [-0.2, -0.15) is 0 Å². The molecule has 0 aromatic heterocycles. The molecule has 0 aliphatic rings. The Balaban J connectivity index is 2.41. The second-order valence-corrected chi connectivity index (χ2v) is 3.64. The van der Waals surface area contributed by atoms with Crippen LogP contribution in [0.3, 0.4) is 0 Å². The number of hydrogen-bond donors (Lipinski definition) is 1. The lowest BCUT2D eigenvalue weighted by Gasteiger charge is -2.17. The van der Waals surface area contributed by atoms with Crippen molar-refractivity contribution >= 4 is 5.78 Å². The molecule has 0 aliphatic carbocycles. The first-order valence-electron chi connectivity index (χ1n) is 5.03. The Hall–Kier alpha value is -1.19. The van der Waals surface area contributed by atoms with Crippen LogP contribution in [0, 0.1) is 0 Å². The third kappa shape index (κ3) is 3.81. The van der Waals surface area contributed by atoms with Gasteiger partial charge in [-0.25, -0.2) is 0 Å². The van der Waals surface area contributed by atoms with Crippen LogP contribution in [0.1, 0.15) is 19.4 Å². The van der Waals surface area contributed by atoms with E-state index < -0.39 is 6.04 Å². The first-order chi connectivity index (χ1) is 7.11. The van der Waals surface area contributed by atoms with Crippen LogP contribution >= 0.6 is 0 Å². The maximum atomic E-state index is 11.0. The van der Waals surface area contributed by atoms with Crippen LogP contribution in [-0.2, 0) is 16.1 Å². The van der Waals surface area contributed by atoms with Crippen molar-refractivity contribution in [3.8, 4) is 0 Å². The van der Waals surface area contributed by atoms with E-state index in [1.807, 2.05) is 37.3 Å². The molecule has 82 valence electrons. The molecule has 0 saturated heterocycles. The lowest BCUT2D eigenvalue weighted by molar-refractivity contribution is -0.121. The highest BCUT2D eigenvalue weighted by Gasteiger charge is 2.17. The van der Waals surface area contributed by atoms with Gasteiger partial charge < -0.3 is 10.5 Å². The van der Waals surface area contributed by atoms with Gasteiger partial charge in [-0.1, -0.05) is 30.3 Å². The summed E-state index contributed by atoms with van der Waals surface area (Å²) in [7, 11) is 0. The van der Waals surface area contributed by atoms with Crippen molar-refractivity contribution in [1.82, 2.24) is 0 Å². The number of carbonyl (C=O) groups excluding carboxylic acids is 1. The molecule has 0 bridgehead atoms. The highest BCUT2D eigenvalue weighted by atomic mass is 16.5. The minimum atomic E-state index is -0.534. The Labute approximate surface area is 90.2 Å². The number of ketones is 1. The van der Waals surface area contributed by atoms with E-state index in [1.54, 1.807) is 0 Å². The molecule has 2 N–H and O–H groups in total. The predicted octanol–water partition coefficient (Wildman–Crippen LogP) is 1.51. The molecule has 2 atom stereocenters. The summed E-state index contributed by atoms with van der Waals surface area (Å²) < 4.78 is 5.51. The number of benzene rings is 1. The van der Waals surface area contributed by atoms with Gasteiger partial charge in [-0.15, -0.1) is 0 Å². The van der Waals surface area contributed by atoms with Crippen LogP contribution in [-0.4, -0.2) is 17.9 Å². The lowest BCUT2D eigenvalue weighted by Crippen LogP contribution is -2.40. The third-order valence-electron chi connectivity index (χ3n) is 2.33. The number of nitrogens with two attached hydrogens (primary N) is 1. The van der Waals surface area contributed by atoms with Gasteiger partial charge in [-0.05, 0) is 19.4 Å². The van der Waals surface area contributed by atoms with Crippen molar-refractivity contribution in [3.05, 3.63) is 35.9 Å². The van der Waals surface area contributed by atoms with E-state index >= 15 is 0 Å². The van der Waals surface area contributed by atoms with Gasteiger partial charge in [0, 0.05) is 0 Å². The van der Waals surface area contributed by atoms with Crippen molar-refractivity contribution < 1.29 is 9.53 Å². The summed E-state index contributed by atoms with van der Waals surface area (Å²) in [5.41, 5.74) is 6.73. The Morgan fingerprint density at radius 3 is 2.53 bits per heavy atom. The molecular formula is C12H17NO2. The number of Topliss-reactive ketones (excluding diaryl/α,β-unsaturated/α-hetero) is 1. The van der Waals surface area contributed by atoms with Crippen LogP contribution in [0.15, 0.2) is 30.3 Å². The zero-order chi connectivity index (χ0) is 11.3. The van der Waals surface area contributed by atoms with Crippen molar-refractivity contribution in [2.75, 3.05) is 0 Å². The first kappa shape index (κ1) is 11.9. The molecule has 1 rings (SSSR count). The second kappa shape index (κ2) is 5.63. The molecule has 15 heavy (non-hydrogen) atoms. The zero-order valence-electron chi connectivity index (χ0n) is 9.14. The summed E-state index contributed by atoms with van der Waals surface area (Å²) in [6, 6.07) is 9.28. The minimum Gasteiger partial charge on any atom is -0.372 e. The lowest BCUT2D eigenvalue weighted by atomic mass is 10.1. The summed E-state index contributed by atoms with van der Waals surface area (Å²) >= 11 is 0. The fourth-order valence-corrected chi connectivity index (χ4v) is 1.24. The Morgan fingerprint density at radius 1 is 1.40 bits per heavy atom. The predicted molar refractivity (Wildman–Crippen MR) is 59.3 cm³/mol. The molecule has 0 aliphatic heterocycles. The van der Waals surface area contributed by atoms with Gasteiger partial charge in [0.2, 0.25) is 0 Å². The van der Waals surface area contributed by atoms with Crippen molar-refractivity contribution in [2.24, 2.45) is 5.73 Å². The molecule has 3 heteroatoms. The highest BCUT2D eigenvalue weighted by Crippen LogP contribution is 2.05. The highest BCUT2D eigenvalue weighted by molar-refractivity contribution is 5.81. The van der Waals surface area contributed by atoms with E-state index in [9.17, 15) is 4.79 Å². The average Bonchev–Trinajstić information content (AvgIpc) is 2.26. The van der Waals surface area contributed by atoms with Gasteiger partial charge in [0.25, 0.3) is 0 Å². The Morgan fingerprint density at radius 2 is 2.00 bits per heavy atom. The fraction of sp³-hybridized carbons (Fsp3) is 0.417. The standard InChI is InChI=1S/C12H17NO2/c1-9(14)12(13)10(2)15-8-11-6-4-3-5-7-11/h3-7,10,12H,8,13H2,1-2H3/t10-,12-/m0/s1. The summed E-state index contributed by atoms with van der Waals surface area (Å²) in [4.78, 5) is 11.0. The van der Waals surface area contributed by atoms with Crippen LogP contribution < -0.4 is 5.73 Å². The van der Waals surface area contributed by atoms with Gasteiger partial charge in [0.15, 0.2) is 0 Å². The summed E-state index contributed by atoms with van der Waals surface area (Å²) in [6.07, 6.45) is -0.247.